The first kappa shape index (κ1) is 19.4. The molecule has 30 heavy (non-hydrogen) atoms. The van der Waals surface area contributed by atoms with E-state index in [1.54, 1.807) is 38.5 Å². The lowest BCUT2D eigenvalue weighted by atomic mass is 9.96. The van der Waals surface area contributed by atoms with Crippen LogP contribution in [-0.2, 0) is 0 Å². The maximum atomic E-state index is 12.8. The molecule has 0 aliphatic heterocycles. The van der Waals surface area contributed by atoms with Gasteiger partial charge in [0, 0.05) is 17.6 Å². The monoisotopic (exact) mass is 395 g/mol. The summed E-state index contributed by atoms with van der Waals surface area (Å²) in [6.07, 6.45) is 5.23. The van der Waals surface area contributed by atoms with E-state index in [9.17, 15) is 4.79 Å². The summed E-state index contributed by atoms with van der Waals surface area (Å²) in [5.41, 5.74) is 4.50. The minimum Gasteiger partial charge on any atom is -0.497 e. The zero-order valence-electron chi connectivity index (χ0n) is 16.8. The number of ketones is 1. The molecule has 4 rings (SSSR count). The fourth-order valence-corrected chi connectivity index (χ4v) is 3.48. The number of fused-ring (bicyclic) bond motifs is 1. The summed E-state index contributed by atoms with van der Waals surface area (Å²) in [7, 11) is 3.12. The first-order valence-electron chi connectivity index (χ1n) is 9.59. The molecular weight excluding hydrogens is 374 g/mol. The maximum absolute atomic E-state index is 12.8. The second-order valence-corrected chi connectivity index (χ2v) is 6.73. The molecule has 1 heterocycles. The number of carbonyl (C=O) groups is 1. The molecule has 0 atom stereocenters. The third kappa shape index (κ3) is 3.80. The van der Waals surface area contributed by atoms with Crippen molar-refractivity contribution in [3.63, 3.8) is 0 Å². The van der Waals surface area contributed by atoms with E-state index in [2.05, 4.69) is 17.1 Å². The van der Waals surface area contributed by atoms with Crippen LogP contribution in [0.1, 0.15) is 15.9 Å². The van der Waals surface area contributed by atoms with E-state index in [-0.39, 0.29) is 5.78 Å². The van der Waals surface area contributed by atoms with Crippen molar-refractivity contribution >= 4 is 22.8 Å². The lowest BCUT2D eigenvalue weighted by Crippen LogP contribution is -1.99. The van der Waals surface area contributed by atoms with E-state index in [1.807, 2.05) is 54.7 Å². The molecule has 0 amide bonds. The van der Waals surface area contributed by atoms with Gasteiger partial charge in [0.25, 0.3) is 0 Å². The molecule has 0 unspecified atom stereocenters. The SMILES string of the molecule is COc1ccc(C(=O)/C=C/c2ccccc2-c2ccnc3ccccc23)c(OC)c1. The standard InChI is InChI=1S/C26H21NO3/c1-29-19-12-13-23(26(17-19)30-2)25(28)14-11-18-7-3-4-8-20(18)21-15-16-27-24-10-6-5-9-22(21)24/h3-17H,1-2H3/b14-11+. The number of rotatable bonds is 6. The second-order valence-electron chi connectivity index (χ2n) is 6.73. The van der Waals surface area contributed by atoms with Crippen LogP contribution in [0.3, 0.4) is 0 Å². The molecule has 148 valence electrons. The van der Waals surface area contributed by atoms with E-state index in [0.29, 0.717) is 17.1 Å². The van der Waals surface area contributed by atoms with E-state index in [4.69, 9.17) is 9.47 Å². The molecule has 0 fully saturated rings. The summed E-state index contributed by atoms with van der Waals surface area (Å²) in [5.74, 6) is 0.989. The van der Waals surface area contributed by atoms with Gasteiger partial charge in [0.2, 0.25) is 0 Å². The van der Waals surface area contributed by atoms with Crippen molar-refractivity contribution in [2.45, 2.75) is 0 Å². The molecule has 1 aromatic heterocycles. The van der Waals surface area contributed by atoms with Crippen molar-refractivity contribution in [3.8, 4) is 22.6 Å². The predicted octanol–water partition coefficient (Wildman–Crippen LogP) is 5.82. The first-order chi connectivity index (χ1) is 14.7. The maximum Gasteiger partial charge on any atom is 0.189 e. The number of ether oxygens (including phenoxy) is 2. The normalized spacial score (nSPS) is 11.0. The molecule has 0 spiro atoms. The molecule has 4 aromatic rings. The van der Waals surface area contributed by atoms with Gasteiger partial charge in [-0.25, -0.2) is 0 Å². The quantitative estimate of drug-likeness (QED) is 0.305. The number of aromatic nitrogens is 1. The van der Waals surface area contributed by atoms with Crippen LogP contribution in [0.2, 0.25) is 0 Å². The summed E-state index contributed by atoms with van der Waals surface area (Å²) < 4.78 is 10.6. The van der Waals surface area contributed by atoms with Gasteiger partial charge in [-0.2, -0.15) is 0 Å². The number of pyridine rings is 1. The predicted molar refractivity (Wildman–Crippen MR) is 120 cm³/mol. The van der Waals surface area contributed by atoms with Crippen LogP contribution < -0.4 is 9.47 Å². The Morgan fingerprint density at radius 1 is 0.867 bits per heavy atom. The lowest BCUT2D eigenvalue weighted by Gasteiger charge is -2.10. The van der Waals surface area contributed by atoms with Gasteiger partial charge >= 0.3 is 0 Å². The van der Waals surface area contributed by atoms with Crippen LogP contribution >= 0.6 is 0 Å². The number of para-hydroxylation sites is 1. The number of nitrogens with zero attached hydrogens (tertiary/aromatic N) is 1. The minimum absolute atomic E-state index is 0.135. The third-order valence-corrected chi connectivity index (χ3v) is 4.99. The number of hydrogen-bond donors (Lipinski definition) is 0. The van der Waals surface area contributed by atoms with Gasteiger partial charge in [0.05, 0.1) is 25.3 Å². The summed E-state index contributed by atoms with van der Waals surface area (Å²) in [6, 6.07) is 23.2. The summed E-state index contributed by atoms with van der Waals surface area (Å²) in [5, 5.41) is 1.07. The van der Waals surface area contributed by atoms with Crippen LogP contribution in [0.25, 0.3) is 28.1 Å². The smallest absolute Gasteiger partial charge is 0.189 e. The molecule has 4 heteroatoms. The van der Waals surface area contributed by atoms with Crippen LogP contribution in [0.4, 0.5) is 0 Å². The van der Waals surface area contributed by atoms with Gasteiger partial charge in [-0.1, -0.05) is 48.5 Å². The molecule has 0 aliphatic carbocycles. The van der Waals surface area contributed by atoms with Crippen molar-refractivity contribution in [3.05, 3.63) is 96.2 Å². The molecule has 0 saturated heterocycles. The Bertz CT molecular complexity index is 1240. The summed E-state index contributed by atoms with van der Waals surface area (Å²) in [4.78, 5) is 17.3. The Morgan fingerprint density at radius 2 is 1.67 bits per heavy atom. The lowest BCUT2D eigenvalue weighted by molar-refractivity contribution is 0.104. The van der Waals surface area contributed by atoms with Crippen molar-refractivity contribution < 1.29 is 14.3 Å². The molecular formula is C26H21NO3. The van der Waals surface area contributed by atoms with Gasteiger partial charge in [-0.3, -0.25) is 9.78 Å². The average molecular weight is 395 g/mol. The van der Waals surface area contributed by atoms with Gasteiger partial charge in [-0.15, -0.1) is 0 Å². The minimum atomic E-state index is -0.135. The topological polar surface area (TPSA) is 48.4 Å². The van der Waals surface area contributed by atoms with E-state index in [1.165, 1.54) is 0 Å². The largest absolute Gasteiger partial charge is 0.497 e. The fraction of sp³-hybridized carbons (Fsp3) is 0.0769. The van der Waals surface area contributed by atoms with Crippen molar-refractivity contribution in [2.75, 3.05) is 14.2 Å². The van der Waals surface area contributed by atoms with Gasteiger partial charge < -0.3 is 9.47 Å². The first-order valence-corrected chi connectivity index (χ1v) is 9.59. The average Bonchev–Trinajstić information content (AvgIpc) is 2.82. The molecule has 0 aliphatic rings. The van der Waals surface area contributed by atoms with Crippen LogP contribution in [0.5, 0.6) is 11.5 Å². The molecule has 0 N–H and O–H groups in total. The van der Waals surface area contributed by atoms with Crippen molar-refractivity contribution in [1.82, 2.24) is 4.98 Å². The van der Waals surface area contributed by atoms with Gasteiger partial charge in [0.15, 0.2) is 5.78 Å². The Kier molecular flexibility index (Phi) is 5.57. The number of carbonyl (C=O) groups excluding carboxylic acids is 1. The number of methoxy groups -OCH3 is 2. The number of allylic oxidation sites excluding steroid dienone is 1. The fourth-order valence-electron chi connectivity index (χ4n) is 3.48. The molecule has 4 nitrogen and oxygen atoms in total. The van der Waals surface area contributed by atoms with Gasteiger partial charge in [0.1, 0.15) is 11.5 Å². The van der Waals surface area contributed by atoms with E-state index >= 15 is 0 Å². The molecule has 3 aromatic carbocycles. The Labute approximate surface area is 175 Å². The number of hydrogen-bond acceptors (Lipinski definition) is 4. The second kappa shape index (κ2) is 8.62. The highest BCUT2D eigenvalue weighted by Crippen LogP contribution is 2.31. The zero-order valence-corrected chi connectivity index (χ0v) is 16.8. The van der Waals surface area contributed by atoms with E-state index < -0.39 is 0 Å². The number of benzene rings is 3. The van der Waals surface area contributed by atoms with Crippen LogP contribution in [0, 0.1) is 0 Å². The highest BCUT2D eigenvalue weighted by Gasteiger charge is 2.12. The molecule has 0 saturated carbocycles. The Balaban J connectivity index is 1.72. The third-order valence-electron chi connectivity index (χ3n) is 4.99. The summed E-state index contributed by atoms with van der Waals surface area (Å²) in [6.45, 7) is 0. The van der Waals surface area contributed by atoms with Crippen LogP contribution in [-0.4, -0.2) is 25.0 Å². The zero-order chi connectivity index (χ0) is 20.9. The Hall–Kier alpha value is -3.92. The van der Waals surface area contributed by atoms with E-state index in [0.717, 1.165) is 27.6 Å². The Morgan fingerprint density at radius 3 is 2.50 bits per heavy atom. The van der Waals surface area contributed by atoms with Crippen molar-refractivity contribution in [2.24, 2.45) is 0 Å². The molecule has 0 radical (unpaired) electrons. The highest BCUT2D eigenvalue weighted by molar-refractivity contribution is 6.09. The molecule has 0 bridgehead atoms. The van der Waals surface area contributed by atoms with Gasteiger partial charge in [-0.05, 0) is 47.0 Å². The highest BCUT2D eigenvalue weighted by atomic mass is 16.5. The summed E-state index contributed by atoms with van der Waals surface area (Å²) >= 11 is 0. The van der Waals surface area contributed by atoms with Crippen LogP contribution in [0.15, 0.2) is 85.1 Å². The van der Waals surface area contributed by atoms with Crippen molar-refractivity contribution in [1.29, 1.82) is 0 Å².